The van der Waals surface area contributed by atoms with Gasteiger partial charge in [-0.3, -0.25) is 37.4 Å². The number of esters is 1. The SMILES string of the molecule is CC(C)OC(=O)[C@H](C)NP(=O)(OCCSC(=O)C(C)C)OC1[C@H]2O[C@@H](n3ccc(=O)[nH]c3=O)[C@H](O)[C@@]12CF. The molecule has 13 nitrogen and oxygen atoms in total. The molecule has 3 N–H and O–H groups in total. The second-order valence-corrected chi connectivity index (χ2v) is 12.5. The van der Waals surface area contributed by atoms with Crippen LogP contribution in [-0.4, -0.2) is 75.2 Å². The van der Waals surface area contributed by atoms with Gasteiger partial charge >= 0.3 is 19.4 Å². The normalized spacial score (nSPS) is 28.7. The molecule has 2 aliphatic rings. The molecule has 0 amide bonds. The number of carbonyl (C=O) groups excluding carboxylic acids is 2. The van der Waals surface area contributed by atoms with Crippen LogP contribution in [0.3, 0.4) is 0 Å². The molecule has 1 aliphatic carbocycles. The van der Waals surface area contributed by atoms with E-state index < -0.39 is 73.7 Å². The average molecular weight is 582 g/mol. The molecule has 0 bridgehead atoms. The second kappa shape index (κ2) is 12.1. The van der Waals surface area contributed by atoms with Gasteiger partial charge in [0.15, 0.2) is 11.3 Å². The molecule has 3 rings (SSSR count). The molecule has 0 aromatic carbocycles. The third-order valence-corrected chi connectivity index (χ3v) is 8.92. The summed E-state index contributed by atoms with van der Waals surface area (Å²) in [6, 6.07) is -0.102. The van der Waals surface area contributed by atoms with Crippen LogP contribution in [-0.2, 0) is 32.7 Å². The smallest absolute Gasteiger partial charge is 0.406 e. The molecule has 1 aliphatic heterocycles. The van der Waals surface area contributed by atoms with Gasteiger partial charge in [-0.1, -0.05) is 25.6 Å². The lowest BCUT2D eigenvalue weighted by Crippen LogP contribution is -2.41. The van der Waals surface area contributed by atoms with Gasteiger partial charge in [-0.2, -0.15) is 0 Å². The van der Waals surface area contributed by atoms with E-state index in [4.69, 9.17) is 18.5 Å². The van der Waals surface area contributed by atoms with E-state index in [1.165, 1.54) is 6.92 Å². The van der Waals surface area contributed by atoms with Crippen molar-refractivity contribution in [3.63, 3.8) is 0 Å². The van der Waals surface area contributed by atoms with Crippen molar-refractivity contribution in [2.24, 2.45) is 11.3 Å². The van der Waals surface area contributed by atoms with Crippen molar-refractivity contribution in [3.05, 3.63) is 33.1 Å². The number of aromatic nitrogens is 2. The van der Waals surface area contributed by atoms with Crippen LogP contribution in [0.5, 0.6) is 0 Å². The number of nitrogens with zero attached hydrogens (tertiary/aromatic N) is 1. The number of halogens is 1. The van der Waals surface area contributed by atoms with E-state index in [-0.39, 0.29) is 23.4 Å². The van der Waals surface area contributed by atoms with Gasteiger partial charge in [0.1, 0.15) is 31.0 Å². The van der Waals surface area contributed by atoms with Crippen LogP contribution < -0.4 is 16.3 Å². The Hall–Kier alpha value is -1.87. The predicted octanol–water partition coefficient (Wildman–Crippen LogP) is 1.12. The topological polar surface area (TPSA) is 175 Å². The van der Waals surface area contributed by atoms with Crippen molar-refractivity contribution < 1.29 is 42.2 Å². The predicted molar refractivity (Wildman–Crippen MR) is 134 cm³/mol. The Morgan fingerprint density at radius 1 is 1.32 bits per heavy atom. The molecular formula is C22H33FN3O10PS. The first kappa shape index (κ1) is 30.7. The number of carbonyl (C=O) groups is 2. The molecule has 2 unspecified atom stereocenters. The van der Waals surface area contributed by atoms with Crippen molar-refractivity contribution in [2.75, 3.05) is 19.0 Å². The van der Waals surface area contributed by atoms with Gasteiger partial charge in [0.05, 0.1) is 18.1 Å². The molecule has 1 saturated heterocycles. The van der Waals surface area contributed by atoms with Crippen LogP contribution in [0.4, 0.5) is 4.39 Å². The van der Waals surface area contributed by atoms with Crippen LogP contribution >= 0.6 is 19.5 Å². The van der Waals surface area contributed by atoms with Crippen LogP contribution in [0.25, 0.3) is 0 Å². The maximum atomic E-state index is 14.3. The summed E-state index contributed by atoms with van der Waals surface area (Å²) in [5, 5.41) is 13.3. The van der Waals surface area contributed by atoms with Crippen molar-refractivity contribution in [2.45, 2.75) is 71.3 Å². The Morgan fingerprint density at radius 2 is 2.00 bits per heavy atom. The zero-order valence-electron chi connectivity index (χ0n) is 21.6. The summed E-state index contributed by atoms with van der Waals surface area (Å²) in [5.41, 5.74) is -3.20. The summed E-state index contributed by atoms with van der Waals surface area (Å²) in [6.45, 7) is 6.76. The first-order chi connectivity index (χ1) is 17.8. The monoisotopic (exact) mass is 581 g/mol. The average Bonchev–Trinajstić information content (AvgIpc) is 3.32. The Balaban J connectivity index is 1.75. The number of hydrogen-bond donors (Lipinski definition) is 3. The van der Waals surface area contributed by atoms with Crippen molar-refractivity contribution in [1.82, 2.24) is 14.6 Å². The van der Waals surface area contributed by atoms with E-state index >= 15 is 0 Å². The highest BCUT2D eigenvalue weighted by Crippen LogP contribution is 2.66. The molecule has 16 heteroatoms. The first-order valence-electron chi connectivity index (χ1n) is 12.0. The number of H-pyrrole nitrogens is 1. The lowest BCUT2D eigenvalue weighted by molar-refractivity contribution is -0.149. The number of hydrogen-bond acceptors (Lipinski definition) is 11. The molecule has 2 heterocycles. The Morgan fingerprint density at radius 3 is 2.55 bits per heavy atom. The number of nitrogens with one attached hydrogen (secondary N) is 2. The number of thioether (sulfide) groups is 1. The zero-order valence-corrected chi connectivity index (χ0v) is 23.3. The van der Waals surface area contributed by atoms with Crippen LogP contribution in [0.15, 0.2) is 21.9 Å². The standard InChI is InChI=1S/C22H33FN3O10PS/c1-11(2)20(30)38-9-8-33-37(32,25-13(5)19(29)34-12(3)4)36-17-16-22(17,10-23)15(28)18(35-16)26-7-6-14(27)24-21(26)31/h6-7,11-13,15-18,28H,8-10H2,1-5H3,(H,25,32)(H,24,27,31)/t13-,15-,16+,17?,18+,22+,37?/m0/s1. The quantitative estimate of drug-likeness (QED) is 0.172. The number of alkyl halides is 1. The highest BCUT2D eigenvalue weighted by Gasteiger charge is 2.79. The van der Waals surface area contributed by atoms with Crippen molar-refractivity contribution >= 4 is 30.6 Å². The molecular weight excluding hydrogens is 548 g/mol. The maximum Gasteiger partial charge on any atom is 0.406 e. The van der Waals surface area contributed by atoms with Gasteiger partial charge < -0.3 is 14.6 Å². The van der Waals surface area contributed by atoms with Gasteiger partial charge in [0.25, 0.3) is 5.56 Å². The highest BCUT2D eigenvalue weighted by atomic mass is 32.2. The minimum atomic E-state index is -4.34. The molecule has 1 aromatic heterocycles. The fourth-order valence-electron chi connectivity index (χ4n) is 3.98. The largest absolute Gasteiger partial charge is 0.462 e. The van der Waals surface area contributed by atoms with E-state index in [9.17, 15) is 33.2 Å². The summed E-state index contributed by atoms with van der Waals surface area (Å²) in [7, 11) is -4.34. The fourth-order valence-corrected chi connectivity index (χ4v) is 6.52. The molecule has 7 atom stereocenters. The number of fused-ring (bicyclic) bond motifs is 1. The van der Waals surface area contributed by atoms with Crippen LogP contribution in [0, 0.1) is 11.3 Å². The van der Waals surface area contributed by atoms with E-state index in [1.807, 2.05) is 4.98 Å². The van der Waals surface area contributed by atoms with Gasteiger partial charge in [-0.05, 0) is 20.8 Å². The van der Waals surface area contributed by atoms with Gasteiger partial charge in [-0.25, -0.2) is 14.4 Å². The summed E-state index contributed by atoms with van der Waals surface area (Å²) < 4.78 is 50.8. The number of aliphatic hydroxyl groups excluding tert-OH is 1. The van der Waals surface area contributed by atoms with E-state index in [0.717, 1.165) is 28.6 Å². The van der Waals surface area contributed by atoms with E-state index in [2.05, 4.69) is 5.09 Å². The van der Waals surface area contributed by atoms with Gasteiger partial charge in [-0.15, -0.1) is 0 Å². The summed E-state index contributed by atoms with van der Waals surface area (Å²) in [6.07, 6.45) is -4.64. The highest BCUT2D eigenvalue weighted by molar-refractivity contribution is 8.13. The molecule has 38 heavy (non-hydrogen) atoms. The van der Waals surface area contributed by atoms with E-state index in [0.29, 0.717) is 0 Å². The molecule has 0 radical (unpaired) electrons. The zero-order chi connectivity index (χ0) is 28.4. The fraction of sp³-hybridized carbons (Fsp3) is 0.727. The molecule has 2 fully saturated rings. The molecule has 214 valence electrons. The van der Waals surface area contributed by atoms with Gasteiger partial charge in [0.2, 0.25) is 0 Å². The number of ether oxygens (including phenoxy) is 2. The Bertz CT molecular complexity index is 1190. The maximum absolute atomic E-state index is 14.3. The summed E-state index contributed by atoms with van der Waals surface area (Å²) in [5.74, 6) is -0.819. The molecule has 1 aromatic rings. The summed E-state index contributed by atoms with van der Waals surface area (Å²) in [4.78, 5) is 49.7. The minimum Gasteiger partial charge on any atom is -0.462 e. The van der Waals surface area contributed by atoms with Crippen LogP contribution in [0.1, 0.15) is 40.8 Å². The number of aromatic amines is 1. The Kier molecular flexibility index (Phi) is 9.77. The Labute approximate surface area is 222 Å². The van der Waals surface area contributed by atoms with E-state index in [1.54, 1.807) is 27.7 Å². The first-order valence-corrected chi connectivity index (χ1v) is 14.6. The lowest BCUT2D eigenvalue weighted by Gasteiger charge is -2.28. The van der Waals surface area contributed by atoms with Crippen molar-refractivity contribution in [3.8, 4) is 0 Å². The summed E-state index contributed by atoms with van der Waals surface area (Å²) >= 11 is 0.972. The molecule has 0 spiro atoms. The molecule has 1 saturated carbocycles. The third kappa shape index (κ3) is 6.46. The number of aliphatic hydroxyl groups is 1. The van der Waals surface area contributed by atoms with Crippen molar-refractivity contribution in [1.29, 1.82) is 0 Å². The second-order valence-electron chi connectivity index (χ2n) is 9.67. The van der Waals surface area contributed by atoms with Gasteiger partial charge in [0, 0.05) is 23.9 Å². The lowest BCUT2D eigenvalue weighted by atomic mass is 10.0. The third-order valence-electron chi connectivity index (χ3n) is 6.06. The minimum absolute atomic E-state index is 0.0978. The van der Waals surface area contributed by atoms with Crippen LogP contribution in [0.2, 0.25) is 0 Å². The number of rotatable bonds is 13.